The number of benzene rings is 1. The van der Waals surface area contributed by atoms with Crippen molar-refractivity contribution in [2.24, 2.45) is 0 Å². The zero-order valence-electron chi connectivity index (χ0n) is 21.7. The van der Waals surface area contributed by atoms with Crippen LogP contribution in [0.2, 0.25) is 0 Å². The summed E-state index contributed by atoms with van der Waals surface area (Å²) in [7, 11) is -4.31. The smallest absolute Gasteiger partial charge is 0.459 e. The van der Waals surface area contributed by atoms with Crippen molar-refractivity contribution in [3.05, 3.63) is 63.4 Å². The molecule has 1 saturated carbocycles. The van der Waals surface area contributed by atoms with Crippen LogP contribution >= 0.6 is 7.75 Å². The standard InChI is InChI=1S/C25H33FN3O9P/c1-16(22(32)36-17-9-5-3-6-10-17)28-39(34,38-18-11-7-4-8-12-18)35-15-19-21(31)25(2,26)23(37-19)29-14-13-20(30)27-24(29)33/h4,7-8,11-14,16-17,19,21,23,31H,3,5-6,9-10,15H2,1-2H3,(H,28,34)(H,27,30,33)/t16-,19+,21+,23+,25+,39-/m0/s1. The fraction of sp³-hybridized carbons (Fsp3) is 0.560. The summed E-state index contributed by atoms with van der Waals surface area (Å²) in [6.07, 6.45) is 0.537. The lowest BCUT2D eigenvalue weighted by Gasteiger charge is -2.27. The minimum absolute atomic E-state index is 0.169. The van der Waals surface area contributed by atoms with Crippen LogP contribution in [0.4, 0.5) is 4.39 Å². The Hall–Kier alpha value is -2.83. The van der Waals surface area contributed by atoms with Crippen LogP contribution in [0.3, 0.4) is 0 Å². The topological polar surface area (TPSA) is 158 Å². The minimum Gasteiger partial charge on any atom is -0.461 e. The number of rotatable bonds is 10. The maximum Gasteiger partial charge on any atom is 0.459 e. The van der Waals surface area contributed by atoms with Gasteiger partial charge in [0, 0.05) is 12.3 Å². The second-order valence-corrected chi connectivity index (χ2v) is 11.6. The molecule has 1 aromatic heterocycles. The molecule has 0 unspecified atom stereocenters. The number of nitrogens with zero attached hydrogens (tertiary/aromatic N) is 1. The maximum atomic E-state index is 15.5. The predicted octanol–water partition coefficient (Wildman–Crippen LogP) is 2.58. The number of ether oxygens (including phenoxy) is 2. The minimum atomic E-state index is -4.31. The highest BCUT2D eigenvalue weighted by atomic mass is 31.2. The number of alkyl halides is 1. The number of aliphatic hydroxyl groups excluding tert-OH is 1. The molecule has 0 bridgehead atoms. The molecule has 0 spiro atoms. The average Bonchev–Trinajstić information content (AvgIpc) is 3.12. The first kappa shape index (κ1) is 29.2. The van der Waals surface area contributed by atoms with Gasteiger partial charge < -0.3 is 19.1 Å². The second kappa shape index (κ2) is 12.1. The van der Waals surface area contributed by atoms with Crippen LogP contribution in [0.1, 0.15) is 52.2 Å². The Labute approximate surface area is 224 Å². The average molecular weight is 570 g/mol. The molecule has 6 atom stereocenters. The first-order chi connectivity index (χ1) is 18.5. The van der Waals surface area contributed by atoms with Crippen molar-refractivity contribution < 1.29 is 37.4 Å². The van der Waals surface area contributed by atoms with Crippen molar-refractivity contribution in [2.45, 2.75) is 82.2 Å². The highest BCUT2D eigenvalue weighted by molar-refractivity contribution is 7.52. The van der Waals surface area contributed by atoms with E-state index >= 15 is 4.39 Å². The van der Waals surface area contributed by atoms with Crippen molar-refractivity contribution in [3.8, 4) is 5.75 Å². The summed E-state index contributed by atoms with van der Waals surface area (Å²) in [4.78, 5) is 38.3. The van der Waals surface area contributed by atoms with Crippen molar-refractivity contribution in [1.29, 1.82) is 0 Å². The van der Waals surface area contributed by atoms with E-state index in [1.807, 2.05) is 4.98 Å². The van der Waals surface area contributed by atoms with Crippen LogP contribution in [0.15, 0.2) is 52.2 Å². The van der Waals surface area contributed by atoms with Crippen molar-refractivity contribution in [2.75, 3.05) is 6.61 Å². The quantitative estimate of drug-likeness (QED) is 0.287. The summed E-state index contributed by atoms with van der Waals surface area (Å²) >= 11 is 0. The van der Waals surface area contributed by atoms with Gasteiger partial charge in [-0.15, -0.1) is 0 Å². The second-order valence-electron chi connectivity index (χ2n) is 9.89. The Bertz CT molecular complexity index is 1300. The van der Waals surface area contributed by atoms with Gasteiger partial charge in [-0.2, -0.15) is 5.09 Å². The molecular weight excluding hydrogens is 536 g/mol. The number of halogens is 1. The molecular formula is C25H33FN3O9P. The molecule has 214 valence electrons. The lowest BCUT2D eigenvalue weighted by Crippen LogP contribution is -2.44. The SMILES string of the molecule is C[C@H](N[P@](=O)(OC[C@H]1O[C@@H](n2ccc(=O)[nH]c2=O)[C@](C)(F)[C@@H]1O)Oc1ccccc1)C(=O)OC1CCCCC1. The van der Waals surface area contributed by atoms with Gasteiger partial charge in [0.2, 0.25) is 0 Å². The summed E-state index contributed by atoms with van der Waals surface area (Å²) in [5.41, 5.74) is -4.10. The van der Waals surface area contributed by atoms with Crippen LogP contribution in [-0.2, 0) is 23.4 Å². The van der Waals surface area contributed by atoms with Crippen molar-refractivity contribution in [1.82, 2.24) is 14.6 Å². The van der Waals surface area contributed by atoms with E-state index in [-0.39, 0.29) is 11.9 Å². The van der Waals surface area contributed by atoms with Gasteiger partial charge in [0.25, 0.3) is 5.56 Å². The molecule has 2 aromatic rings. The number of carbonyl (C=O) groups excluding carboxylic acids is 1. The molecule has 1 aliphatic carbocycles. The molecule has 1 aliphatic heterocycles. The van der Waals surface area contributed by atoms with E-state index in [2.05, 4.69) is 5.09 Å². The number of aromatic amines is 1. The van der Waals surface area contributed by atoms with Crippen molar-refractivity contribution >= 4 is 13.7 Å². The Balaban J connectivity index is 1.48. The Morgan fingerprint density at radius 2 is 1.95 bits per heavy atom. The number of aliphatic hydroxyl groups is 1. The number of hydrogen-bond donors (Lipinski definition) is 3. The molecule has 12 nitrogen and oxygen atoms in total. The number of nitrogens with one attached hydrogen (secondary N) is 2. The predicted molar refractivity (Wildman–Crippen MR) is 137 cm³/mol. The third-order valence-corrected chi connectivity index (χ3v) is 8.38. The van der Waals surface area contributed by atoms with E-state index in [9.17, 15) is 24.1 Å². The van der Waals surface area contributed by atoms with Crippen molar-refractivity contribution in [3.63, 3.8) is 0 Å². The third kappa shape index (κ3) is 7.03. The molecule has 3 N–H and O–H groups in total. The molecule has 14 heteroatoms. The number of hydrogen-bond acceptors (Lipinski definition) is 9. The highest BCUT2D eigenvalue weighted by Gasteiger charge is 2.56. The summed E-state index contributed by atoms with van der Waals surface area (Å²) in [5, 5.41) is 13.2. The fourth-order valence-electron chi connectivity index (χ4n) is 4.58. The first-order valence-corrected chi connectivity index (χ1v) is 14.3. The van der Waals surface area contributed by atoms with Gasteiger partial charge >= 0.3 is 19.4 Å². The normalized spacial score (nSPS) is 27.9. The number of carbonyl (C=O) groups is 1. The lowest BCUT2D eigenvalue weighted by molar-refractivity contribution is -0.152. The summed E-state index contributed by atoms with van der Waals surface area (Å²) in [6.45, 7) is 1.85. The molecule has 2 fully saturated rings. The molecule has 0 amide bonds. The Kier molecular flexibility index (Phi) is 9.07. The van der Waals surface area contributed by atoms with Crippen LogP contribution in [0.5, 0.6) is 5.75 Å². The van der Waals surface area contributed by atoms with Crippen LogP contribution < -0.4 is 20.9 Å². The number of esters is 1. The van der Waals surface area contributed by atoms with E-state index in [0.717, 1.165) is 55.9 Å². The van der Waals surface area contributed by atoms with Crippen LogP contribution in [-0.4, -0.2) is 57.3 Å². The maximum absolute atomic E-state index is 15.5. The molecule has 0 radical (unpaired) electrons. The van der Waals surface area contributed by atoms with Gasteiger partial charge in [-0.05, 0) is 51.7 Å². The van der Waals surface area contributed by atoms with Gasteiger partial charge in [-0.25, -0.2) is 13.8 Å². The lowest BCUT2D eigenvalue weighted by atomic mass is 9.98. The van der Waals surface area contributed by atoms with Gasteiger partial charge in [-0.3, -0.25) is 23.7 Å². The van der Waals surface area contributed by atoms with Gasteiger partial charge in [0.05, 0.1) is 6.61 Å². The van der Waals surface area contributed by atoms with Gasteiger partial charge in [0.15, 0.2) is 11.9 Å². The third-order valence-electron chi connectivity index (χ3n) is 6.74. The van der Waals surface area contributed by atoms with Gasteiger partial charge in [-0.1, -0.05) is 24.6 Å². The monoisotopic (exact) mass is 569 g/mol. The summed E-state index contributed by atoms with van der Waals surface area (Å²) < 4.78 is 52.4. The summed E-state index contributed by atoms with van der Waals surface area (Å²) in [6, 6.07) is 7.99. The van der Waals surface area contributed by atoms with Crippen LogP contribution in [0, 0.1) is 0 Å². The summed E-state index contributed by atoms with van der Waals surface area (Å²) in [5.74, 6) is -0.463. The van der Waals surface area contributed by atoms with E-state index in [0.29, 0.717) is 0 Å². The number of aromatic nitrogens is 2. The fourth-order valence-corrected chi connectivity index (χ4v) is 6.09. The van der Waals surface area contributed by atoms with E-state index < -0.39 is 61.7 Å². The molecule has 2 aliphatic rings. The molecule has 4 rings (SSSR count). The molecule has 1 aromatic carbocycles. The zero-order chi connectivity index (χ0) is 28.2. The largest absolute Gasteiger partial charge is 0.461 e. The number of para-hydroxylation sites is 1. The van der Waals surface area contributed by atoms with Gasteiger partial charge in [0.1, 0.15) is 30.1 Å². The molecule has 39 heavy (non-hydrogen) atoms. The Morgan fingerprint density at radius 3 is 2.62 bits per heavy atom. The number of H-pyrrole nitrogens is 1. The highest BCUT2D eigenvalue weighted by Crippen LogP contribution is 2.47. The molecule has 1 saturated heterocycles. The van der Waals surface area contributed by atoms with E-state index in [1.165, 1.54) is 19.1 Å². The Morgan fingerprint density at radius 1 is 1.26 bits per heavy atom. The first-order valence-electron chi connectivity index (χ1n) is 12.8. The van der Waals surface area contributed by atoms with E-state index in [1.54, 1.807) is 18.2 Å². The van der Waals surface area contributed by atoms with Crippen LogP contribution in [0.25, 0.3) is 0 Å². The zero-order valence-corrected chi connectivity index (χ0v) is 22.6. The molecule has 2 heterocycles. The van der Waals surface area contributed by atoms with E-state index in [4.69, 9.17) is 18.5 Å².